The van der Waals surface area contributed by atoms with E-state index in [0.29, 0.717) is 5.95 Å². The summed E-state index contributed by atoms with van der Waals surface area (Å²) in [6, 6.07) is 8.00. The van der Waals surface area contributed by atoms with Gasteiger partial charge in [-0.25, -0.2) is 4.52 Å². The summed E-state index contributed by atoms with van der Waals surface area (Å²) in [6.45, 7) is 2.84. The minimum atomic E-state index is 0.660. The molecule has 0 radical (unpaired) electrons. The highest BCUT2D eigenvalue weighted by atomic mass is 35.5. The number of hydrogen-bond acceptors (Lipinski definition) is 4. The average molecular weight is 293 g/mol. The van der Waals surface area contributed by atoms with E-state index < -0.39 is 0 Å². The largest absolute Gasteiger partial charge is 0.353 e. The number of aromatic nitrogens is 3. The van der Waals surface area contributed by atoms with E-state index in [1.165, 1.54) is 10.4 Å². The van der Waals surface area contributed by atoms with Crippen molar-refractivity contribution in [2.45, 2.75) is 13.3 Å². The predicted octanol–water partition coefficient (Wildman–Crippen LogP) is 3.41. The lowest BCUT2D eigenvalue weighted by Crippen LogP contribution is -2.05. The molecule has 0 bridgehead atoms. The second-order valence-corrected chi connectivity index (χ2v) is 6.12. The molecular formula is C13H13ClN4S. The van der Waals surface area contributed by atoms with Gasteiger partial charge in [-0.2, -0.15) is 4.98 Å². The van der Waals surface area contributed by atoms with Crippen LogP contribution >= 0.6 is 22.9 Å². The molecule has 0 fully saturated rings. The molecule has 98 valence electrons. The molecule has 1 N–H and O–H groups in total. The number of anilines is 1. The zero-order chi connectivity index (χ0) is 13.2. The summed E-state index contributed by atoms with van der Waals surface area (Å²) in [5.74, 6) is 0.660. The molecule has 0 aliphatic heterocycles. The smallest absolute Gasteiger partial charge is 0.243 e. The molecule has 3 aromatic heterocycles. The molecule has 4 nitrogen and oxygen atoms in total. The fourth-order valence-electron chi connectivity index (χ4n) is 1.84. The Morgan fingerprint density at radius 1 is 1.37 bits per heavy atom. The Hall–Kier alpha value is -1.59. The van der Waals surface area contributed by atoms with Crippen LogP contribution in [0.15, 0.2) is 30.5 Å². The molecule has 0 saturated carbocycles. The molecule has 6 heteroatoms. The van der Waals surface area contributed by atoms with Crippen molar-refractivity contribution in [1.29, 1.82) is 0 Å². The van der Waals surface area contributed by atoms with Crippen LogP contribution in [0.4, 0.5) is 5.95 Å². The zero-order valence-electron chi connectivity index (χ0n) is 10.4. The van der Waals surface area contributed by atoms with E-state index in [-0.39, 0.29) is 0 Å². The van der Waals surface area contributed by atoms with Crippen molar-refractivity contribution < 1.29 is 0 Å². The first-order chi connectivity index (χ1) is 9.20. The summed E-state index contributed by atoms with van der Waals surface area (Å²) in [7, 11) is 0. The lowest BCUT2D eigenvalue weighted by molar-refractivity contribution is 0.939. The van der Waals surface area contributed by atoms with E-state index in [4.69, 9.17) is 11.6 Å². The molecule has 0 aliphatic rings. The van der Waals surface area contributed by atoms with E-state index in [0.717, 1.165) is 22.9 Å². The van der Waals surface area contributed by atoms with Gasteiger partial charge in [0.2, 0.25) is 5.95 Å². The van der Waals surface area contributed by atoms with Crippen LogP contribution in [0.5, 0.6) is 0 Å². The zero-order valence-corrected chi connectivity index (χ0v) is 12.0. The highest BCUT2D eigenvalue weighted by Crippen LogP contribution is 2.21. The fourth-order valence-corrected chi connectivity index (χ4v) is 2.93. The molecule has 0 amide bonds. The van der Waals surface area contributed by atoms with Crippen LogP contribution in [0.3, 0.4) is 0 Å². The number of pyridine rings is 1. The van der Waals surface area contributed by atoms with E-state index in [2.05, 4.69) is 21.5 Å². The molecule has 3 rings (SSSR count). The molecule has 0 aliphatic carbocycles. The molecule has 3 aromatic rings. The Balaban J connectivity index is 1.65. The van der Waals surface area contributed by atoms with Gasteiger partial charge in [0.05, 0.1) is 4.34 Å². The van der Waals surface area contributed by atoms with Crippen LogP contribution in [-0.4, -0.2) is 21.1 Å². The molecule has 0 spiro atoms. The second kappa shape index (κ2) is 5.19. The standard InChI is InChI=1S/C13H13ClN4S/c1-9-5-7-18-12(8-9)16-13(17-18)15-6-4-10-2-3-11(14)19-10/h2-3,5,7-8H,4,6H2,1H3,(H,15,17). The summed E-state index contributed by atoms with van der Waals surface area (Å²) in [4.78, 5) is 5.69. The normalized spacial score (nSPS) is 11.1. The van der Waals surface area contributed by atoms with Crippen LogP contribution in [0, 0.1) is 6.92 Å². The minimum absolute atomic E-state index is 0.660. The third kappa shape index (κ3) is 2.88. The molecule has 0 aromatic carbocycles. The minimum Gasteiger partial charge on any atom is -0.353 e. The summed E-state index contributed by atoms with van der Waals surface area (Å²) in [6.07, 6.45) is 2.84. The van der Waals surface area contributed by atoms with Gasteiger partial charge < -0.3 is 5.32 Å². The van der Waals surface area contributed by atoms with Crippen molar-refractivity contribution in [3.8, 4) is 0 Å². The topological polar surface area (TPSA) is 42.2 Å². The molecular weight excluding hydrogens is 280 g/mol. The molecule has 0 saturated heterocycles. The Morgan fingerprint density at radius 3 is 3.05 bits per heavy atom. The maximum atomic E-state index is 5.89. The fraction of sp³-hybridized carbons (Fsp3) is 0.231. The van der Waals surface area contributed by atoms with Gasteiger partial charge in [0.25, 0.3) is 0 Å². The third-order valence-electron chi connectivity index (χ3n) is 2.78. The molecule has 19 heavy (non-hydrogen) atoms. The van der Waals surface area contributed by atoms with Gasteiger partial charge in [0.1, 0.15) is 0 Å². The average Bonchev–Trinajstić information content (AvgIpc) is 2.95. The summed E-state index contributed by atoms with van der Waals surface area (Å²) < 4.78 is 2.61. The van der Waals surface area contributed by atoms with Crippen molar-refractivity contribution in [1.82, 2.24) is 14.6 Å². The highest BCUT2D eigenvalue weighted by Gasteiger charge is 2.03. The van der Waals surface area contributed by atoms with Gasteiger partial charge in [0.15, 0.2) is 5.65 Å². The highest BCUT2D eigenvalue weighted by molar-refractivity contribution is 7.16. The van der Waals surface area contributed by atoms with Crippen LogP contribution in [-0.2, 0) is 6.42 Å². The Bertz CT molecular complexity index is 704. The molecule has 0 atom stereocenters. The number of halogens is 1. The van der Waals surface area contributed by atoms with E-state index in [1.807, 2.05) is 31.3 Å². The Labute approximate surface area is 120 Å². The van der Waals surface area contributed by atoms with Crippen LogP contribution in [0.1, 0.15) is 10.4 Å². The van der Waals surface area contributed by atoms with Crippen LogP contribution in [0.2, 0.25) is 4.34 Å². The summed E-state index contributed by atoms with van der Waals surface area (Å²) in [5.41, 5.74) is 2.04. The number of nitrogens with zero attached hydrogens (tertiary/aromatic N) is 3. The van der Waals surface area contributed by atoms with Crippen molar-refractivity contribution >= 4 is 34.5 Å². The second-order valence-electron chi connectivity index (χ2n) is 4.32. The van der Waals surface area contributed by atoms with Gasteiger partial charge >= 0.3 is 0 Å². The number of rotatable bonds is 4. The summed E-state index contributed by atoms with van der Waals surface area (Å²) in [5, 5.41) is 7.59. The SMILES string of the molecule is Cc1ccn2nc(NCCc3ccc(Cl)s3)nc2c1. The first kappa shape index (κ1) is 12.4. The number of hydrogen-bond donors (Lipinski definition) is 1. The van der Waals surface area contributed by atoms with Crippen molar-refractivity contribution in [3.63, 3.8) is 0 Å². The first-order valence-electron chi connectivity index (χ1n) is 6.02. The Kier molecular flexibility index (Phi) is 3.40. The van der Waals surface area contributed by atoms with Gasteiger partial charge in [0, 0.05) is 17.6 Å². The number of nitrogens with one attached hydrogen (secondary N) is 1. The number of aryl methyl sites for hydroxylation is 1. The lowest BCUT2D eigenvalue weighted by atomic mass is 10.3. The monoisotopic (exact) mass is 292 g/mol. The quantitative estimate of drug-likeness (QED) is 0.801. The summed E-state index contributed by atoms with van der Waals surface area (Å²) >= 11 is 7.50. The van der Waals surface area contributed by atoms with Crippen molar-refractivity contribution in [2.75, 3.05) is 11.9 Å². The third-order valence-corrected chi connectivity index (χ3v) is 4.07. The lowest BCUT2D eigenvalue weighted by Gasteiger charge is -1.98. The van der Waals surface area contributed by atoms with E-state index >= 15 is 0 Å². The first-order valence-corrected chi connectivity index (χ1v) is 7.21. The Morgan fingerprint density at radius 2 is 2.26 bits per heavy atom. The number of fused-ring (bicyclic) bond motifs is 1. The predicted molar refractivity (Wildman–Crippen MR) is 79.2 cm³/mol. The van der Waals surface area contributed by atoms with E-state index in [9.17, 15) is 0 Å². The van der Waals surface area contributed by atoms with Gasteiger partial charge in [-0.1, -0.05) is 11.6 Å². The maximum Gasteiger partial charge on any atom is 0.243 e. The molecule has 0 unspecified atom stereocenters. The van der Waals surface area contributed by atoms with Gasteiger partial charge in [-0.05, 0) is 43.2 Å². The molecule has 3 heterocycles. The maximum absolute atomic E-state index is 5.89. The van der Waals surface area contributed by atoms with E-state index in [1.54, 1.807) is 15.9 Å². The van der Waals surface area contributed by atoms with Crippen LogP contribution in [0.25, 0.3) is 5.65 Å². The van der Waals surface area contributed by atoms with Crippen LogP contribution < -0.4 is 5.32 Å². The van der Waals surface area contributed by atoms with Gasteiger partial charge in [-0.15, -0.1) is 16.4 Å². The van der Waals surface area contributed by atoms with Crippen molar-refractivity contribution in [3.05, 3.63) is 45.2 Å². The van der Waals surface area contributed by atoms with Crippen molar-refractivity contribution in [2.24, 2.45) is 0 Å². The van der Waals surface area contributed by atoms with Gasteiger partial charge in [-0.3, -0.25) is 0 Å². The number of thiophene rings is 1.